The predicted molar refractivity (Wildman–Crippen MR) is 82.9 cm³/mol. The lowest BCUT2D eigenvalue weighted by molar-refractivity contribution is 0.627. The van der Waals surface area contributed by atoms with Crippen molar-refractivity contribution in [3.05, 3.63) is 54.1 Å². The first-order chi connectivity index (χ1) is 10.7. The van der Waals surface area contributed by atoms with Gasteiger partial charge in [-0.3, -0.25) is 0 Å². The van der Waals surface area contributed by atoms with E-state index < -0.39 is 0 Å². The highest BCUT2D eigenvalue weighted by atomic mass is 19.1. The number of hydrogen-bond acceptors (Lipinski definition) is 5. The standard InChI is InChI=1S/C16H14FN5/c17-10-3-1-9(2-4-10)12-7-13(12)21-15-11-5-6-14(18)22-16(11)20-8-19-15/h1-6,8,12-13H,7H2,(H3,18,19,20,21,22)/t12-,13+/m0/s1. The lowest BCUT2D eigenvalue weighted by Gasteiger charge is -2.08. The van der Waals surface area contributed by atoms with Crippen LogP contribution in [0.25, 0.3) is 11.0 Å². The maximum atomic E-state index is 13.0. The predicted octanol–water partition coefficient (Wildman–Crippen LogP) is 2.71. The summed E-state index contributed by atoms with van der Waals surface area (Å²) in [5, 5.41) is 4.26. The van der Waals surface area contributed by atoms with Gasteiger partial charge in [0.15, 0.2) is 5.65 Å². The van der Waals surface area contributed by atoms with Crippen LogP contribution < -0.4 is 11.1 Å². The maximum absolute atomic E-state index is 13.0. The lowest BCUT2D eigenvalue weighted by Crippen LogP contribution is -2.07. The van der Waals surface area contributed by atoms with Gasteiger partial charge in [-0.15, -0.1) is 0 Å². The topological polar surface area (TPSA) is 76.7 Å². The average molecular weight is 295 g/mol. The molecular weight excluding hydrogens is 281 g/mol. The van der Waals surface area contributed by atoms with E-state index in [0.717, 1.165) is 23.2 Å². The summed E-state index contributed by atoms with van der Waals surface area (Å²) in [4.78, 5) is 12.6. The number of fused-ring (bicyclic) bond motifs is 1. The molecule has 1 saturated carbocycles. The van der Waals surface area contributed by atoms with Crippen molar-refractivity contribution in [3.8, 4) is 0 Å². The van der Waals surface area contributed by atoms with Gasteiger partial charge in [0, 0.05) is 12.0 Å². The molecule has 1 fully saturated rings. The monoisotopic (exact) mass is 295 g/mol. The molecule has 22 heavy (non-hydrogen) atoms. The first kappa shape index (κ1) is 12.9. The zero-order valence-corrected chi connectivity index (χ0v) is 11.7. The Hall–Kier alpha value is -2.76. The second-order valence-electron chi connectivity index (χ2n) is 5.47. The van der Waals surface area contributed by atoms with Gasteiger partial charge in [0.05, 0.1) is 5.39 Å². The fourth-order valence-electron chi connectivity index (χ4n) is 2.68. The molecule has 0 saturated heterocycles. The first-order valence-corrected chi connectivity index (χ1v) is 7.10. The molecule has 6 heteroatoms. The van der Waals surface area contributed by atoms with Crippen LogP contribution in [0.2, 0.25) is 0 Å². The van der Waals surface area contributed by atoms with Crippen molar-refractivity contribution in [2.24, 2.45) is 0 Å². The van der Waals surface area contributed by atoms with Gasteiger partial charge < -0.3 is 11.1 Å². The van der Waals surface area contributed by atoms with Crippen molar-refractivity contribution in [2.45, 2.75) is 18.4 Å². The number of anilines is 2. The summed E-state index contributed by atoms with van der Waals surface area (Å²) in [7, 11) is 0. The molecule has 0 bridgehead atoms. The summed E-state index contributed by atoms with van der Waals surface area (Å²) in [6.07, 6.45) is 2.48. The minimum atomic E-state index is -0.209. The average Bonchev–Trinajstić information content (AvgIpc) is 3.27. The van der Waals surface area contributed by atoms with Crippen molar-refractivity contribution in [1.29, 1.82) is 0 Å². The number of nitrogens with two attached hydrogens (primary N) is 1. The highest BCUT2D eigenvalue weighted by molar-refractivity contribution is 5.87. The summed E-state index contributed by atoms with van der Waals surface area (Å²) in [6.45, 7) is 0. The van der Waals surface area contributed by atoms with Crippen LogP contribution in [-0.4, -0.2) is 21.0 Å². The van der Waals surface area contributed by atoms with Crippen LogP contribution >= 0.6 is 0 Å². The SMILES string of the molecule is Nc1ccc2c(N[C@@H]3C[C@H]3c3ccc(F)cc3)ncnc2n1. The Balaban J connectivity index is 1.57. The van der Waals surface area contributed by atoms with Crippen LogP contribution in [0.4, 0.5) is 16.0 Å². The zero-order valence-electron chi connectivity index (χ0n) is 11.7. The summed E-state index contributed by atoms with van der Waals surface area (Å²) in [6, 6.07) is 10.6. The molecule has 3 N–H and O–H groups in total. The minimum Gasteiger partial charge on any atom is -0.384 e. The third-order valence-corrected chi connectivity index (χ3v) is 3.93. The quantitative estimate of drug-likeness (QED) is 0.777. The number of nitrogen functional groups attached to an aromatic ring is 1. The molecule has 2 atom stereocenters. The Bertz CT molecular complexity index is 834. The van der Waals surface area contributed by atoms with E-state index in [1.807, 2.05) is 18.2 Å². The molecule has 0 radical (unpaired) electrons. The Labute approximate surface area is 126 Å². The van der Waals surface area contributed by atoms with Gasteiger partial charge >= 0.3 is 0 Å². The number of aromatic nitrogens is 3. The van der Waals surface area contributed by atoms with Crippen LogP contribution in [0.3, 0.4) is 0 Å². The van der Waals surface area contributed by atoms with E-state index in [2.05, 4.69) is 20.3 Å². The van der Waals surface area contributed by atoms with E-state index in [1.165, 1.54) is 18.5 Å². The maximum Gasteiger partial charge on any atom is 0.166 e. The number of nitrogens with zero attached hydrogens (tertiary/aromatic N) is 3. The first-order valence-electron chi connectivity index (χ1n) is 7.10. The van der Waals surface area contributed by atoms with Gasteiger partial charge in [-0.25, -0.2) is 19.3 Å². The van der Waals surface area contributed by atoms with Crippen LogP contribution in [0.1, 0.15) is 17.9 Å². The van der Waals surface area contributed by atoms with E-state index in [0.29, 0.717) is 23.4 Å². The fraction of sp³-hybridized carbons (Fsp3) is 0.188. The molecule has 2 heterocycles. The van der Waals surface area contributed by atoms with Gasteiger partial charge in [0.1, 0.15) is 23.8 Å². The minimum absolute atomic E-state index is 0.209. The van der Waals surface area contributed by atoms with E-state index in [9.17, 15) is 4.39 Å². The van der Waals surface area contributed by atoms with Crippen molar-refractivity contribution in [3.63, 3.8) is 0 Å². The molecule has 0 unspecified atom stereocenters. The zero-order chi connectivity index (χ0) is 15.1. The Morgan fingerprint density at radius 1 is 1.09 bits per heavy atom. The van der Waals surface area contributed by atoms with Crippen LogP contribution in [0.5, 0.6) is 0 Å². The Kier molecular flexibility index (Phi) is 2.89. The molecule has 2 aromatic heterocycles. The highest BCUT2D eigenvalue weighted by Gasteiger charge is 2.38. The fourth-order valence-corrected chi connectivity index (χ4v) is 2.68. The molecule has 1 aromatic carbocycles. The van der Waals surface area contributed by atoms with Crippen LogP contribution in [0.15, 0.2) is 42.7 Å². The number of benzene rings is 1. The summed E-state index contributed by atoms with van der Waals surface area (Å²) < 4.78 is 13.0. The van der Waals surface area contributed by atoms with E-state index in [4.69, 9.17) is 5.73 Å². The number of rotatable bonds is 3. The van der Waals surface area contributed by atoms with Gasteiger partial charge in [0.25, 0.3) is 0 Å². The number of pyridine rings is 1. The van der Waals surface area contributed by atoms with E-state index >= 15 is 0 Å². The smallest absolute Gasteiger partial charge is 0.166 e. The third-order valence-electron chi connectivity index (χ3n) is 3.93. The number of nitrogens with one attached hydrogen (secondary N) is 1. The highest BCUT2D eigenvalue weighted by Crippen LogP contribution is 2.43. The Morgan fingerprint density at radius 3 is 2.73 bits per heavy atom. The normalized spacial score (nSPS) is 20.0. The summed E-state index contributed by atoms with van der Waals surface area (Å²) in [5.41, 5.74) is 7.39. The summed E-state index contributed by atoms with van der Waals surface area (Å²) in [5.74, 6) is 1.37. The molecule has 1 aliphatic carbocycles. The van der Waals surface area contributed by atoms with E-state index in [-0.39, 0.29) is 5.82 Å². The summed E-state index contributed by atoms with van der Waals surface area (Å²) >= 11 is 0. The van der Waals surface area contributed by atoms with Crippen molar-refractivity contribution in [1.82, 2.24) is 15.0 Å². The van der Waals surface area contributed by atoms with Gasteiger partial charge in [-0.05, 0) is 36.2 Å². The second kappa shape index (κ2) is 4.91. The van der Waals surface area contributed by atoms with Gasteiger partial charge in [-0.1, -0.05) is 12.1 Å². The molecular formula is C16H14FN5. The number of halogens is 1. The van der Waals surface area contributed by atoms with Crippen molar-refractivity contribution in [2.75, 3.05) is 11.1 Å². The third kappa shape index (κ3) is 2.32. The Morgan fingerprint density at radius 2 is 1.91 bits per heavy atom. The molecule has 1 aliphatic rings. The lowest BCUT2D eigenvalue weighted by atomic mass is 10.1. The van der Waals surface area contributed by atoms with Crippen molar-refractivity contribution < 1.29 is 4.39 Å². The molecule has 3 aromatic rings. The molecule has 0 amide bonds. The molecule has 4 rings (SSSR count). The van der Waals surface area contributed by atoms with Crippen LogP contribution in [-0.2, 0) is 0 Å². The number of hydrogen-bond donors (Lipinski definition) is 2. The molecule has 0 spiro atoms. The van der Waals surface area contributed by atoms with Gasteiger partial charge in [-0.2, -0.15) is 0 Å². The van der Waals surface area contributed by atoms with Crippen LogP contribution in [0, 0.1) is 5.82 Å². The van der Waals surface area contributed by atoms with E-state index in [1.54, 1.807) is 6.07 Å². The largest absolute Gasteiger partial charge is 0.384 e. The second-order valence-corrected chi connectivity index (χ2v) is 5.47. The molecule has 110 valence electrons. The molecule has 5 nitrogen and oxygen atoms in total. The molecule has 0 aliphatic heterocycles. The van der Waals surface area contributed by atoms with Gasteiger partial charge in [0.2, 0.25) is 0 Å². The van der Waals surface area contributed by atoms with Crippen molar-refractivity contribution >= 4 is 22.7 Å².